The number of aryl methyl sites for hydroxylation is 1. The van der Waals surface area contributed by atoms with Crippen molar-refractivity contribution in [1.82, 2.24) is 0 Å². The Bertz CT molecular complexity index is 725. The monoisotopic (exact) mass is 379 g/mol. The molecule has 0 aliphatic rings. The van der Waals surface area contributed by atoms with Crippen molar-refractivity contribution in [2.45, 2.75) is 38.9 Å². The highest BCUT2D eigenvalue weighted by atomic mass is 19.4. The highest BCUT2D eigenvalue weighted by Crippen LogP contribution is 2.28. The molecule has 0 fully saturated rings. The smallest absolute Gasteiger partial charge is 0.326 e. The second kappa shape index (κ2) is 9.55. The Morgan fingerprint density at radius 1 is 1.00 bits per heavy atom. The molecule has 6 heteroatoms. The minimum atomic E-state index is -4.33. The first-order valence-corrected chi connectivity index (χ1v) is 9.14. The summed E-state index contributed by atoms with van der Waals surface area (Å²) in [5, 5.41) is 2.86. The van der Waals surface area contributed by atoms with E-state index in [0.717, 1.165) is 47.5 Å². The van der Waals surface area contributed by atoms with Gasteiger partial charge in [0.25, 0.3) is 5.91 Å². The average molecular weight is 379 g/mol. The molecule has 2 aromatic rings. The lowest BCUT2D eigenvalue weighted by molar-refractivity contribution is -0.885. The molecule has 1 atom stereocenters. The van der Waals surface area contributed by atoms with Gasteiger partial charge in [0, 0.05) is 11.3 Å². The molecule has 0 bridgehead atoms. The Hall–Kier alpha value is -2.34. The van der Waals surface area contributed by atoms with Crippen LogP contribution in [-0.4, -0.2) is 19.5 Å². The number of hydrogen-bond donors (Lipinski definition) is 2. The summed E-state index contributed by atoms with van der Waals surface area (Å²) in [6, 6.07) is 12.9. The van der Waals surface area contributed by atoms with Gasteiger partial charge in [-0.05, 0) is 42.7 Å². The molecule has 0 heterocycles. The van der Waals surface area contributed by atoms with Crippen molar-refractivity contribution in [3.05, 3.63) is 65.2 Å². The molecule has 146 valence electrons. The first-order chi connectivity index (χ1) is 12.8. The summed E-state index contributed by atoms with van der Waals surface area (Å²) < 4.78 is 37.8. The van der Waals surface area contributed by atoms with Gasteiger partial charge in [-0.2, -0.15) is 13.2 Å². The number of benzene rings is 2. The second-order valence-corrected chi connectivity index (χ2v) is 6.85. The first-order valence-electron chi connectivity index (χ1n) is 9.14. The zero-order chi connectivity index (χ0) is 19.9. The molecule has 0 aliphatic carbocycles. The number of unbranched alkanes of at least 4 members (excludes halogenated alkanes) is 1. The van der Waals surface area contributed by atoms with Gasteiger partial charge in [-0.1, -0.05) is 37.6 Å². The summed E-state index contributed by atoms with van der Waals surface area (Å²) in [5.41, 5.74) is 2.10. The number of quaternary nitrogens is 1. The number of halogens is 3. The lowest BCUT2D eigenvalue weighted by Gasteiger charge is -2.15. The maximum absolute atomic E-state index is 12.6. The topological polar surface area (TPSA) is 33.5 Å². The fourth-order valence-corrected chi connectivity index (χ4v) is 2.84. The van der Waals surface area contributed by atoms with Gasteiger partial charge in [0.1, 0.15) is 6.54 Å². The summed E-state index contributed by atoms with van der Waals surface area (Å²) in [6.07, 6.45) is -1.01. The van der Waals surface area contributed by atoms with Crippen LogP contribution in [0.25, 0.3) is 0 Å². The molecule has 1 amide bonds. The second-order valence-electron chi connectivity index (χ2n) is 6.85. The number of anilines is 1. The van der Waals surface area contributed by atoms with Crippen molar-refractivity contribution in [1.29, 1.82) is 0 Å². The van der Waals surface area contributed by atoms with Gasteiger partial charge in [0.05, 0.1) is 12.6 Å². The molecule has 2 N–H and O–H groups in total. The highest BCUT2D eigenvalue weighted by Gasteiger charge is 2.30. The quantitative estimate of drug-likeness (QED) is 0.721. The summed E-state index contributed by atoms with van der Waals surface area (Å²) >= 11 is 0. The zero-order valence-corrected chi connectivity index (χ0v) is 15.7. The van der Waals surface area contributed by atoms with E-state index in [2.05, 4.69) is 12.2 Å². The fraction of sp³-hybridized carbons (Fsp3) is 0.381. The van der Waals surface area contributed by atoms with E-state index in [1.165, 1.54) is 17.7 Å². The maximum atomic E-state index is 12.6. The van der Waals surface area contributed by atoms with Crippen molar-refractivity contribution in [3.8, 4) is 0 Å². The van der Waals surface area contributed by atoms with Gasteiger partial charge < -0.3 is 10.2 Å². The zero-order valence-electron chi connectivity index (χ0n) is 15.7. The van der Waals surface area contributed by atoms with Gasteiger partial charge in [-0.3, -0.25) is 4.79 Å². The summed E-state index contributed by atoms with van der Waals surface area (Å²) in [4.78, 5) is 13.1. The minimum Gasteiger partial charge on any atom is -0.326 e. The van der Waals surface area contributed by atoms with Crippen molar-refractivity contribution >= 4 is 11.6 Å². The number of alkyl halides is 3. The summed E-state index contributed by atoms with van der Waals surface area (Å²) in [6.45, 7) is 2.86. The van der Waals surface area contributed by atoms with Crippen LogP contribution in [0.1, 0.15) is 36.5 Å². The maximum Gasteiger partial charge on any atom is 0.416 e. The lowest BCUT2D eigenvalue weighted by Crippen LogP contribution is -3.08. The number of likely N-dealkylation sites (N-methyl/N-ethyl adjacent to an activating group) is 1. The molecule has 0 aromatic heterocycles. The van der Waals surface area contributed by atoms with Crippen LogP contribution >= 0.6 is 0 Å². The Balaban J connectivity index is 1.82. The molecule has 2 aromatic carbocycles. The van der Waals surface area contributed by atoms with E-state index in [9.17, 15) is 18.0 Å². The van der Waals surface area contributed by atoms with Crippen LogP contribution < -0.4 is 10.2 Å². The Labute approximate surface area is 158 Å². The standard InChI is InChI=1S/C21H25F3N2O/c1-3-4-5-16-8-12-19(13-9-16)25-20(27)15-26(2)14-17-6-10-18(11-7-17)21(22,23)24/h6-13H,3-5,14-15H2,1-2H3,(H,25,27)/p+1. The molecule has 2 rings (SSSR count). The van der Waals surface area contributed by atoms with E-state index < -0.39 is 11.7 Å². The van der Waals surface area contributed by atoms with Crippen molar-refractivity contribution in [2.75, 3.05) is 18.9 Å². The van der Waals surface area contributed by atoms with Gasteiger partial charge in [0.2, 0.25) is 0 Å². The van der Waals surface area contributed by atoms with Crippen molar-refractivity contribution in [3.63, 3.8) is 0 Å². The van der Waals surface area contributed by atoms with E-state index in [0.29, 0.717) is 6.54 Å². The van der Waals surface area contributed by atoms with Gasteiger partial charge in [-0.25, -0.2) is 0 Å². The molecule has 0 radical (unpaired) electrons. The molecule has 0 aliphatic heterocycles. The average Bonchev–Trinajstić information content (AvgIpc) is 2.60. The van der Waals surface area contributed by atoms with Crippen LogP contribution in [0.2, 0.25) is 0 Å². The number of rotatable bonds is 8. The van der Waals surface area contributed by atoms with E-state index in [1.54, 1.807) is 0 Å². The first kappa shape index (κ1) is 21.0. The fourth-order valence-electron chi connectivity index (χ4n) is 2.84. The SMILES string of the molecule is CCCCc1ccc(NC(=O)C[NH+](C)Cc2ccc(C(F)(F)F)cc2)cc1. The molecule has 1 unspecified atom stereocenters. The van der Waals surface area contributed by atoms with Crippen LogP contribution in [0.15, 0.2) is 48.5 Å². The van der Waals surface area contributed by atoms with Crippen LogP contribution in [0.4, 0.5) is 18.9 Å². The summed E-state index contributed by atoms with van der Waals surface area (Å²) in [5.74, 6) is -0.124. The Morgan fingerprint density at radius 3 is 2.15 bits per heavy atom. The number of hydrogen-bond acceptors (Lipinski definition) is 1. The predicted octanol–water partition coefficient (Wildman–Crippen LogP) is 3.70. The summed E-state index contributed by atoms with van der Waals surface area (Å²) in [7, 11) is 1.84. The van der Waals surface area contributed by atoms with Gasteiger partial charge >= 0.3 is 6.18 Å². The number of carbonyl (C=O) groups is 1. The van der Waals surface area contributed by atoms with Gasteiger partial charge in [0.15, 0.2) is 6.54 Å². The number of carbonyl (C=O) groups excluding carboxylic acids is 1. The van der Waals surface area contributed by atoms with E-state index in [1.807, 2.05) is 31.3 Å². The third-order valence-electron chi connectivity index (χ3n) is 4.31. The van der Waals surface area contributed by atoms with Crippen LogP contribution in [-0.2, 0) is 23.9 Å². The molecular formula is C21H26F3N2O+. The number of nitrogens with one attached hydrogen (secondary N) is 2. The Morgan fingerprint density at radius 2 is 1.59 bits per heavy atom. The minimum absolute atomic E-state index is 0.124. The van der Waals surface area contributed by atoms with E-state index in [4.69, 9.17) is 0 Å². The predicted molar refractivity (Wildman–Crippen MR) is 101 cm³/mol. The molecule has 27 heavy (non-hydrogen) atoms. The molecular weight excluding hydrogens is 353 g/mol. The Kier molecular flexibility index (Phi) is 7.42. The normalized spacial score (nSPS) is 12.6. The molecule has 0 spiro atoms. The third kappa shape index (κ3) is 7.06. The van der Waals surface area contributed by atoms with Crippen molar-refractivity contribution in [2.24, 2.45) is 0 Å². The molecule has 0 saturated heterocycles. The van der Waals surface area contributed by atoms with E-state index >= 15 is 0 Å². The lowest BCUT2D eigenvalue weighted by atomic mass is 10.1. The van der Waals surface area contributed by atoms with Crippen LogP contribution in [0.5, 0.6) is 0 Å². The molecule has 0 saturated carbocycles. The van der Waals surface area contributed by atoms with E-state index in [-0.39, 0.29) is 12.5 Å². The van der Waals surface area contributed by atoms with Gasteiger partial charge in [-0.15, -0.1) is 0 Å². The number of amides is 1. The third-order valence-corrected chi connectivity index (χ3v) is 4.31. The highest BCUT2D eigenvalue weighted by molar-refractivity contribution is 5.91. The van der Waals surface area contributed by atoms with Crippen LogP contribution in [0.3, 0.4) is 0 Å². The van der Waals surface area contributed by atoms with Crippen LogP contribution in [0, 0.1) is 0 Å². The van der Waals surface area contributed by atoms with Crippen molar-refractivity contribution < 1.29 is 22.9 Å². The molecule has 3 nitrogen and oxygen atoms in total. The largest absolute Gasteiger partial charge is 0.416 e.